The van der Waals surface area contributed by atoms with Crippen molar-refractivity contribution in [2.24, 2.45) is 11.7 Å². The quantitative estimate of drug-likeness (QED) is 0.810. The molecule has 8 nitrogen and oxygen atoms in total. The van der Waals surface area contributed by atoms with Crippen molar-refractivity contribution >= 4 is 27.0 Å². The smallest absolute Gasteiger partial charge is 0.245 e. The molecule has 1 saturated carbocycles. The molecule has 2 aromatic heterocycles. The number of nitrogens with zero attached hydrogens (tertiary/aromatic N) is 3. The number of nitrogens with one attached hydrogen (secondary N) is 1. The van der Waals surface area contributed by atoms with Gasteiger partial charge in [0.2, 0.25) is 15.9 Å². The number of hydrogen-bond donors (Lipinski definition) is 2. The molecule has 2 unspecified atom stereocenters. The normalized spacial score (nSPS) is 25.0. The van der Waals surface area contributed by atoms with E-state index in [1.807, 2.05) is 0 Å². The van der Waals surface area contributed by atoms with E-state index in [9.17, 15) is 13.2 Å². The molecule has 3 heterocycles. The Balaban J connectivity index is 1.46. The van der Waals surface area contributed by atoms with Gasteiger partial charge >= 0.3 is 0 Å². The fourth-order valence-corrected chi connectivity index (χ4v) is 5.50. The van der Waals surface area contributed by atoms with Crippen molar-refractivity contribution in [1.82, 2.24) is 19.2 Å². The van der Waals surface area contributed by atoms with Gasteiger partial charge in [0.05, 0.1) is 0 Å². The van der Waals surface area contributed by atoms with E-state index in [1.165, 1.54) is 10.5 Å². The monoisotopic (exact) mass is 377 g/mol. The first-order valence-electron chi connectivity index (χ1n) is 8.93. The van der Waals surface area contributed by atoms with E-state index in [4.69, 9.17) is 5.73 Å². The van der Waals surface area contributed by atoms with Gasteiger partial charge < -0.3 is 15.6 Å². The van der Waals surface area contributed by atoms with Crippen LogP contribution in [0.3, 0.4) is 0 Å². The molecule has 0 spiro atoms. The van der Waals surface area contributed by atoms with Crippen LogP contribution in [-0.2, 0) is 14.8 Å². The number of H-pyrrole nitrogens is 1. The van der Waals surface area contributed by atoms with Crippen LogP contribution < -0.4 is 5.73 Å². The van der Waals surface area contributed by atoms with Gasteiger partial charge in [-0.3, -0.25) is 4.79 Å². The van der Waals surface area contributed by atoms with Gasteiger partial charge in [-0.15, -0.1) is 0 Å². The van der Waals surface area contributed by atoms with E-state index < -0.39 is 10.0 Å². The lowest BCUT2D eigenvalue weighted by molar-refractivity contribution is -0.136. The van der Waals surface area contributed by atoms with Crippen molar-refractivity contribution in [3.05, 3.63) is 24.5 Å². The zero-order chi connectivity index (χ0) is 18.3. The van der Waals surface area contributed by atoms with Crippen LogP contribution in [0, 0.1) is 5.92 Å². The third-order valence-electron chi connectivity index (χ3n) is 5.40. The molecule has 1 aliphatic carbocycles. The standard InChI is InChI=1S/C17H23N5O3S/c18-13-4-3-12(10-13)17(23)21-6-8-22(9-7-21)26(24,25)15-11-20-16-14(15)2-1-5-19-16/h1-2,5,11-13H,3-4,6-10,18H2,(H,19,20). The highest BCUT2D eigenvalue weighted by Gasteiger charge is 2.35. The lowest BCUT2D eigenvalue weighted by atomic mass is 10.1. The maximum absolute atomic E-state index is 13.0. The Morgan fingerprint density at radius 3 is 2.69 bits per heavy atom. The Morgan fingerprint density at radius 1 is 1.23 bits per heavy atom. The summed E-state index contributed by atoms with van der Waals surface area (Å²) in [4.78, 5) is 21.7. The number of carbonyl (C=O) groups excluding carboxylic acids is 1. The summed E-state index contributed by atoms with van der Waals surface area (Å²) in [5.74, 6) is 0.110. The molecule has 2 fully saturated rings. The van der Waals surface area contributed by atoms with Crippen LogP contribution in [0.4, 0.5) is 0 Å². The van der Waals surface area contributed by atoms with Crippen molar-refractivity contribution < 1.29 is 13.2 Å². The molecule has 1 amide bonds. The summed E-state index contributed by atoms with van der Waals surface area (Å²) in [6, 6.07) is 3.58. The van der Waals surface area contributed by atoms with Crippen LogP contribution in [0.15, 0.2) is 29.4 Å². The van der Waals surface area contributed by atoms with E-state index in [2.05, 4.69) is 9.97 Å². The minimum atomic E-state index is -3.62. The number of piperazine rings is 1. The van der Waals surface area contributed by atoms with Crippen molar-refractivity contribution in [2.45, 2.75) is 30.2 Å². The second kappa shape index (κ2) is 6.64. The fraction of sp³-hybridized carbons (Fsp3) is 0.529. The van der Waals surface area contributed by atoms with E-state index in [0.29, 0.717) is 37.2 Å². The van der Waals surface area contributed by atoms with E-state index in [1.54, 1.807) is 23.2 Å². The van der Waals surface area contributed by atoms with Crippen LogP contribution in [-0.4, -0.2) is 65.7 Å². The molecule has 0 bridgehead atoms. The van der Waals surface area contributed by atoms with Crippen LogP contribution in [0.2, 0.25) is 0 Å². The molecule has 140 valence electrons. The Bertz CT molecular complexity index is 917. The molecule has 1 saturated heterocycles. The second-order valence-corrected chi connectivity index (χ2v) is 8.96. The number of aromatic nitrogens is 2. The number of sulfonamides is 1. The molecule has 2 aromatic rings. The highest BCUT2D eigenvalue weighted by molar-refractivity contribution is 7.89. The Morgan fingerprint density at radius 2 is 2.00 bits per heavy atom. The molecule has 0 radical (unpaired) electrons. The van der Waals surface area contributed by atoms with Gasteiger partial charge in [0.1, 0.15) is 10.5 Å². The van der Waals surface area contributed by atoms with Gasteiger partial charge in [-0.1, -0.05) is 0 Å². The Hall–Kier alpha value is -1.97. The van der Waals surface area contributed by atoms with Crippen molar-refractivity contribution in [3.63, 3.8) is 0 Å². The summed E-state index contributed by atoms with van der Waals surface area (Å²) >= 11 is 0. The summed E-state index contributed by atoms with van der Waals surface area (Å²) in [5, 5.41) is 0.589. The summed E-state index contributed by atoms with van der Waals surface area (Å²) in [6.07, 6.45) is 5.57. The molecule has 26 heavy (non-hydrogen) atoms. The van der Waals surface area contributed by atoms with Crippen molar-refractivity contribution in [2.75, 3.05) is 26.2 Å². The van der Waals surface area contributed by atoms with Gasteiger partial charge in [0.25, 0.3) is 0 Å². The first kappa shape index (κ1) is 17.4. The van der Waals surface area contributed by atoms with Crippen LogP contribution >= 0.6 is 0 Å². The zero-order valence-electron chi connectivity index (χ0n) is 14.5. The molecule has 0 aromatic carbocycles. The van der Waals surface area contributed by atoms with Gasteiger partial charge in [0.15, 0.2) is 0 Å². The van der Waals surface area contributed by atoms with E-state index >= 15 is 0 Å². The summed E-state index contributed by atoms with van der Waals surface area (Å²) in [5.41, 5.74) is 6.46. The van der Waals surface area contributed by atoms with Crippen LogP contribution in [0.5, 0.6) is 0 Å². The topological polar surface area (TPSA) is 112 Å². The Kier molecular flexibility index (Phi) is 4.45. The summed E-state index contributed by atoms with van der Waals surface area (Å²) in [6.45, 7) is 1.45. The lowest BCUT2D eigenvalue weighted by Gasteiger charge is -2.35. The number of hydrogen-bond acceptors (Lipinski definition) is 5. The number of pyridine rings is 1. The lowest BCUT2D eigenvalue weighted by Crippen LogP contribution is -2.51. The molecule has 2 aliphatic rings. The average Bonchev–Trinajstić information content (AvgIpc) is 3.28. The van der Waals surface area contributed by atoms with Crippen molar-refractivity contribution in [1.29, 1.82) is 0 Å². The highest BCUT2D eigenvalue weighted by Crippen LogP contribution is 2.28. The predicted octanol–water partition coefficient (Wildman–Crippen LogP) is 0.523. The maximum atomic E-state index is 13.0. The molecule has 9 heteroatoms. The third-order valence-corrected chi connectivity index (χ3v) is 7.34. The Labute approximate surface area is 152 Å². The first-order valence-corrected chi connectivity index (χ1v) is 10.4. The minimum Gasteiger partial charge on any atom is -0.345 e. The van der Waals surface area contributed by atoms with Gasteiger partial charge in [-0.2, -0.15) is 4.31 Å². The molecular formula is C17H23N5O3S. The molecular weight excluding hydrogens is 354 g/mol. The van der Waals surface area contributed by atoms with Gasteiger partial charge in [0, 0.05) is 55.9 Å². The molecule has 4 rings (SSSR count). The van der Waals surface area contributed by atoms with Gasteiger partial charge in [-0.25, -0.2) is 13.4 Å². The fourth-order valence-electron chi connectivity index (χ4n) is 3.93. The number of nitrogens with two attached hydrogens (primary N) is 1. The van der Waals surface area contributed by atoms with Crippen LogP contribution in [0.1, 0.15) is 19.3 Å². The third kappa shape index (κ3) is 3.00. The van der Waals surface area contributed by atoms with Crippen molar-refractivity contribution in [3.8, 4) is 0 Å². The molecule has 3 N–H and O–H groups in total. The number of carbonyl (C=O) groups is 1. The van der Waals surface area contributed by atoms with E-state index in [-0.39, 0.29) is 22.8 Å². The first-order chi connectivity index (χ1) is 12.5. The average molecular weight is 377 g/mol. The second-order valence-electron chi connectivity index (χ2n) is 7.05. The van der Waals surface area contributed by atoms with E-state index in [0.717, 1.165) is 19.3 Å². The van der Waals surface area contributed by atoms with Gasteiger partial charge in [-0.05, 0) is 31.4 Å². The summed E-state index contributed by atoms with van der Waals surface area (Å²) in [7, 11) is -3.62. The zero-order valence-corrected chi connectivity index (χ0v) is 15.3. The number of fused-ring (bicyclic) bond motifs is 1. The predicted molar refractivity (Wildman–Crippen MR) is 96.7 cm³/mol. The molecule has 1 aliphatic heterocycles. The molecule has 2 atom stereocenters. The van der Waals surface area contributed by atoms with Crippen LogP contribution in [0.25, 0.3) is 11.0 Å². The highest BCUT2D eigenvalue weighted by atomic mass is 32.2. The number of aromatic amines is 1. The SMILES string of the molecule is NC1CCC(C(=O)N2CCN(S(=O)(=O)c3c[nH]c4ncccc34)CC2)C1. The largest absolute Gasteiger partial charge is 0.345 e. The number of rotatable bonds is 3. The maximum Gasteiger partial charge on any atom is 0.245 e. The minimum absolute atomic E-state index is 0.00662. The summed E-state index contributed by atoms with van der Waals surface area (Å²) < 4.78 is 27.4. The number of amides is 1.